The number of carboxylic acid groups (broad SMARTS) is 1. The topological polar surface area (TPSA) is 70.5 Å². The highest BCUT2D eigenvalue weighted by Gasteiger charge is 2.34. The summed E-state index contributed by atoms with van der Waals surface area (Å²) in [5, 5.41) is 9.37. The van der Waals surface area contributed by atoms with Crippen LogP contribution in [0.3, 0.4) is 0 Å². The van der Waals surface area contributed by atoms with E-state index in [4.69, 9.17) is 0 Å². The fourth-order valence-corrected chi connectivity index (χ4v) is 3.30. The molecule has 1 aliphatic heterocycles. The molecule has 0 bridgehead atoms. The number of pyridine rings is 1. The summed E-state index contributed by atoms with van der Waals surface area (Å²) in [6, 6.07) is 5.88. The number of carbonyl (C=O) groups is 2. The number of carboxylic acids is 1. The monoisotopic (exact) mass is 316 g/mol. The minimum absolute atomic E-state index is 0.0953. The van der Waals surface area contributed by atoms with Gasteiger partial charge in [0, 0.05) is 36.5 Å². The third-order valence-corrected chi connectivity index (χ3v) is 4.40. The van der Waals surface area contributed by atoms with E-state index in [1.54, 1.807) is 27.0 Å². The van der Waals surface area contributed by atoms with Crippen molar-refractivity contribution < 1.29 is 14.7 Å². The molecule has 1 amide bonds. The van der Waals surface area contributed by atoms with Crippen molar-refractivity contribution in [1.29, 1.82) is 0 Å². The van der Waals surface area contributed by atoms with Crippen molar-refractivity contribution in [3.63, 3.8) is 0 Å². The largest absolute Gasteiger partial charge is 0.478 e. The molecule has 2 atom stereocenters. The van der Waals surface area contributed by atoms with Crippen LogP contribution in [-0.2, 0) is 16.0 Å². The molecule has 124 valence electrons. The van der Waals surface area contributed by atoms with Crippen molar-refractivity contribution in [2.75, 3.05) is 6.54 Å². The Morgan fingerprint density at radius 3 is 2.70 bits per heavy atom. The molecule has 1 saturated heterocycles. The van der Waals surface area contributed by atoms with Crippen LogP contribution >= 0.6 is 0 Å². The van der Waals surface area contributed by atoms with Crippen molar-refractivity contribution in [3.8, 4) is 0 Å². The van der Waals surface area contributed by atoms with Crippen molar-refractivity contribution in [3.05, 3.63) is 41.2 Å². The third-order valence-electron chi connectivity index (χ3n) is 4.40. The van der Waals surface area contributed by atoms with E-state index >= 15 is 0 Å². The van der Waals surface area contributed by atoms with Crippen LogP contribution in [0.25, 0.3) is 0 Å². The molecule has 1 aromatic rings. The van der Waals surface area contributed by atoms with Gasteiger partial charge in [-0.1, -0.05) is 11.6 Å². The predicted molar refractivity (Wildman–Crippen MR) is 87.8 cm³/mol. The number of amides is 1. The lowest BCUT2D eigenvalue weighted by Crippen LogP contribution is -2.41. The Labute approximate surface area is 137 Å². The Balaban J connectivity index is 2.14. The molecule has 0 spiro atoms. The lowest BCUT2D eigenvalue weighted by Gasteiger charge is -2.28. The van der Waals surface area contributed by atoms with E-state index in [1.807, 2.05) is 23.1 Å². The first kappa shape index (κ1) is 17.2. The van der Waals surface area contributed by atoms with Crippen molar-refractivity contribution in [2.45, 2.75) is 46.1 Å². The Kier molecular flexibility index (Phi) is 5.53. The van der Waals surface area contributed by atoms with Crippen molar-refractivity contribution in [2.24, 2.45) is 5.92 Å². The summed E-state index contributed by atoms with van der Waals surface area (Å²) in [7, 11) is 0. The molecule has 5 nitrogen and oxygen atoms in total. The quantitative estimate of drug-likeness (QED) is 0.848. The van der Waals surface area contributed by atoms with Crippen LogP contribution in [-0.4, -0.2) is 39.5 Å². The van der Waals surface area contributed by atoms with Gasteiger partial charge in [-0.2, -0.15) is 0 Å². The lowest BCUT2D eigenvalue weighted by atomic mass is 9.95. The second kappa shape index (κ2) is 7.40. The predicted octanol–water partition coefficient (Wildman–Crippen LogP) is 2.67. The van der Waals surface area contributed by atoms with Crippen LogP contribution in [0.4, 0.5) is 0 Å². The summed E-state index contributed by atoms with van der Waals surface area (Å²) in [5.74, 6) is -1.73. The van der Waals surface area contributed by atoms with Crippen LogP contribution in [0.1, 0.15) is 39.3 Å². The van der Waals surface area contributed by atoms with E-state index in [0.29, 0.717) is 12.1 Å². The van der Waals surface area contributed by atoms with Gasteiger partial charge in [0.2, 0.25) is 5.91 Å². The molecular formula is C18H24N2O3. The van der Waals surface area contributed by atoms with E-state index in [2.05, 4.69) is 4.98 Å². The highest BCUT2D eigenvalue weighted by atomic mass is 16.4. The number of aromatic nitrogens is 1. The molecule has 0 aromatic carbocycles. The molecule has 0 aliphatic carbocycles. The summed E-state index contributed by atoms with van der Waals surface area (Å²) in [5.41, 5.74) is 1.85. The normalized spacial score (nSPS) is 18.6. The van der Waals surface area contributed by atoms with Gasteiger partial charge in [-0.3, -0.25) is 9.78 Å². The zero-order valence-electron chi connectivity index (χ0n) is 14.0. The van der Waals surface area contributed by atoms with Crippen molar-refractivity contribution >= 4 is 11.9 Å². The molecule has 23 heavy (non-hydrogen) atoms. The minimum Gasteiger partial charge on any atom is -0.478 e. The maximum atomic E-state index is 12.8. The van der Waals surface area contributed by atoms with Gasteiger partial charge in [0.15, 0.2) is 0 Å². The van der Waals surface area contributed by atoms with Crippen LogP contribution < -0.4 is 0 Å². The smallest absolute Gasteiger partial charge is 0.332 e. The van der Waals surface area contributed by atoms with Gasteiger partial charge in [-0.15, -0.1) is 0 Å². The molecule has 0 radical (unpaired) electrons. The molecule has 2 rings (SSSR count). The van der Waals surface area contributed by atoms with Crippen molar-refractivity contribution in [1.82, 2.24) is 9.88 Å². The number of hydrogen-bond donors (Lipinski definition) is 1. The zero-order valence-corrected chi connectivity index (χ0v) is 14.0. The van der Waals surface area contributed by atoms with Gasteiger partial charge in [0.05, 0.1) is 5.92 Å². The summed E-state index contributed by atoms with van der Waals surface area (Å²) in [4.78, 5) is 30.4. The molecule has 1 fully saturated rings. The second-order valence-electron chi connectivity index (χ2n) is 6.29. The minimum atomic E-state index is -1.01. The average Bonchev–Trinajstić information content (AvgIpc) is 2.94. The number of allylic oxidation sites excluding steroid dienone is 1. The molecule has 1 aliphatic rings. The molecule has 1 N–H and O–H groups in total. The summed E-state index contributed by atoms with van der Waals surface area (Å²) >= 11 is 0. The first-order valence-corrected chi connectivity index (χ1v) is 8.03. The van der Waals surface area contributed by atoms with E-state index in [9.17, 15) is 14.7 Å². The molecule has 0 saturated carbocycles. The number of hydrogen-bond acceptors (Lipinski definition) is 3. The molecular weight excluding hydrogens is 292 g/mol. The van der Waals surface area contributed by atoms with Gasteiger partial charge in [0.25, 0.3) is 0 Å². The fourth-order valence-electron chi connectivity index (χ4n) is 3.30. The molecule has 1 aromatic heterocycles. The van der Waals surface area contributed by atoms with E-state index in [1.165, 1.54) is 0 Å². The Hall–Kier alpha value is -2.17. The van der Waals surface area contributed by atoms with Gasteiger partial charge >= 0.3 is 5.97 Å². The van der Waals surface area contributed by atoms with Gasteiger partial charge < -0.3 is 10.0 Å². The highest BCUT2D eigenvalue weighted by Crippen LogP contribution is 2.26. The van der Waals surface area contributed by atoms with E-state index in [-0.39, 0.29) is 17.5 Å². The Morgan fingerprint density at radius 1 is 1.39 bits per heavy atom. The molecule has 0 unspecified atom stereocenters. The number of likely N-dealkylation sites (tertiary alicyclic amines) is 1. The maximum Gasteiger partial charge on any atom is 0.332 e. The fraction of sp³-hybridized carbons (Fsp3) is 0.500. The summed E-state index contributed by atoms with van der Waals surface area (Å²) in [6.45, 7) is 5.86. The number of rotatable bonds is 5. The number of nitrogens with zero attached hydrogens (tertiary/aromatic N) is 2. The zero-order chi connectivity index (χ0) is 17.0. The van der Waals surface area contributed by atoms with E-state index in [0.717, 1.165) is 25.0 Å². The molecule has 5 heteroatoms. The Morgan fingerprint density at radius 2 is 2.13 bits per heavy atom. The third kappa shape index (κ3) is 3.97. The average molecular weight is 316 g/mol. The number of aliphatic carboxylic acids is 1. The van der Waals surface area contributed by atoms with Crippen LogP contribution in [0.5, 0.6) is 0 Å². The first-order chi connectivity index (χ1) is 10.9. The van der Waals surface area contributed by atoms with E-state index < -0.39 is 11.9 Å². The van der Waals surface area contributed by atoms with Gasteiger partial charge in [-0.05, 0) is 45.7 Å². The SMILES string of the molecule is CC(C)=C(C(=O)O)[C@@H](C)C(=O)N1CCC[C@@H]1Cc1ccccn1. The highest BCUT2D eigenvalue weighted by molar-refractivity contribution is 5.96. The van der Waals surface area contributed by atoms with Gasteiger partial charge in [0.1, 0.15) is 0 Å². The summed E-state index contributed by atoms with van der Waals surface area (Å²) < 4.78 is 0. The standard InChI is InChI=1S/C18H24N2O3/c1-12(2)16(18(22)23)13(3)17(21)20-10-6-8-15(20)11-14-7-4-5-9-19-14/h4-5,7,9,13,15H,6,8,10-11H2,1-3H3,(H,22,23)/t13-,15-/m1/s1. The Bertz CT molecular complexity index is 606. The van der Waals surface area contributed by atoms with Crippen LogP contribution in [0.15, 0.2) is 35.5 Å². The van der Waals surface area contributed by atoms with Crippen LogP contribution in [0, 0.1) is 5.92 Å². The lowest BCUT2D eigenvalue weighted by molar-refractivity contribution is -0.139. The maximum absolute atomic E-state index is 12.8. The number of carbonyl (C=O) groups excluding carboxylic acids is 1. The van der Waals surface area contributed by atoms with Crippen LogP contribution in [0.2, 0.25) is 0 Å². The summed E-state index contributed by atoms with van der Waals surface area (Å²) in [6.07, 6.45) is 4.36. The first-order valence-electron chi connectivity index (χ1n) is 8.03. The van der Waals surface area contributed by atoms with Gasteiger partial charge in [-0.25, -0.2) is 4.79 Å². The molecule has 2 heterocycles. The second-order valence-corrected chi connectivity index (χ2v) is 6.29.